The lowest BCUT2D eigenvalue weighted by Gasteiger charge is -2.21. The summed E-state index contributed by atoms with van der Waals surface area (Å²) >= 11 is 0. The molecule has 0 aliphatic heterocycles. The number of aromatic hydroxyl groups is 1. The van der Waals surface area contributed by atoms with Crippen LogP contribution in [0.15, 0.2) is 18.2 Å². The number of anilines is 1. The minimum atomic E-state index is -0.486. The predicted octanol–water partition coefficient (Wildman–Crippen LogP) is 2.64. The summed E-state index contributed by atoms with van der Waals surface area (Å²) in [4.78, 5) is 11.9. The Bertz CT molecular complexity index is 473. The lowest BCUT2D eigenvalue weighted by molar-refractivity contribution is -0.124. The van der Waals surface area contributed by atoms with Gasteiger partial charge in [-0.15, -0.1) is 0 Å². The molecule has 2 N–H and O–H groups in total. The molecule has 17 heavy (non-hydrogen) atoms. The van der Waals surface area contributed by atoms with E-state index in [1.54, 1.807) is 6.07 Å². The maximum atomic E-state index is 11.9. The van der Waals surface area contributed by atoms with E-state index >= 15 is 0 Å². The van der Waals surface area contributed by atoms with Gasteiger partial charge in [-0.2, -0.15) is 5.26 Å². The molecule has 0 heterocycles. The average Bonchev–Trinajstić information content (AvgIpc) is 2.31. The molecule has 0 aromatic heterocycles. The van der Waals surface area contributed by atoms with Crippen molar-refractivity contribution in [1.29, 1.82) is 5.26 Å². The summed E-state index contributed by atoms with van der Waals surface area (Å²) in [6, 6.07) is 6.32. The van der Waals surface area contributed by atoms with Gasteiger partial charge in [0.05, 0.1) is 17.3 Å². The molecule has 0 spiro atoms. The van der Waals surface area contributed by atoms with Gasteiger partial charge >= 0.3 is 0 Å². The Kier molecular flexibility index (Phi) is 3.74. The van der Waals surface area contributed by atoms with Crippen LogP contribution < -0.4 is 5.32 Å². The topological polar surface area (TPSA) is 73.1 Å². The second-order valence-electron chi connectivity index (χ2n) is 4.54. The number of nitriles is 1. The molecule has 0 bridgehead atoms. The van der Waals surface area contributed by atoms with Crippen molar-refractivity contribution < 1.29 is 9.90 Å². The van der Waals surface area contributed by atoms with Crippen molar-refractivity contribution in [3.8, 4) is 11.8 Å². The van der Waals surface area contributed by atoms with Crippen molar-refractivity contribution in [3.63, 3.8) is 0 Å². The number of rotatable bonds is 3. The normalized spacial score (nSPS) is 10.7. The zero-order valence-corrected chi connectivity index (χ0v) is 10.2. The van der Waals surface area contributed by atoms with Gasteiger partial charge in [-0.25, -0.2) is 0 Å². The second kappa shape index (κ2) is 4.88. The highest BCUT2D eigenvalue weighted by Gasteiger charge is 2.25. The number of nitrogens with zero attached hydrogens (tertiary/aromatic N) is 1. The summed E-state index contributed by atoms with van der Waals surface area (Å²) in [5.41, 5.74) is 0.200. The Morgan fingerprint density at radius 3 is 2.65 bits per heavy atom. The summed E-state index contributed by atoms with van der Waals surface area (Å²) in [6.07, 6.45) is 0.704. The van der Waals surface area contributed by atoms with Crippen LogP contribution in [0, 0.1) is 16.7 Å². The van der Waals surface area contributed by atoms with E-state index in [1.165, 1.54) is 12.1 Å². The fraction of sp³-hybridized carbons (Fsp3) is 0.385. The number of amides is 1. The Hall–Kier alpha value is -2.02. The lowest BCUT2D eigenvalue weighted by Crippen LogP contribution is -2.29. The number of hydrogen-bond acceptors (Lipinski definition) is 3. The largest absolute Gasteiger partial charge is 0.506 e. The maximum Gasteiger partial charge on any atom is 0.230 e. The highest BCUT2D eigenvalue weighted by molar-refractivity contribution is 5.96. The van der Waals surface area contributed by atoms with E-state index in [0.717, 1.165) is 0 Å². The second-order valence-corrected chi connectivity index (χ2v) is 4.54. The van der Waals surface area contributed by atoms with Crippen molar-refractivity contribution in [1.82, 2.24) is 0 Å². The highest BCUT2D eigenvalue weighted by atomic mass is 16.3. The standard InChI is InChI=1S/C13H16N2O2/c1-4-13(2,3)12(17)15-10-6-5-9(8-14)7-11(10)16/h5-7,16H,4H2,1-3H3,(H,15,17). The van der Waals surface area contributed by atoms with Gasteiger partial charge in [-0.3, -0.25) is 4.79 Å². The summed E-state index contributed by atoms with van der Waals surface area (Å²) < 4.78 is 0. The predicted molar refractivity (Wildman–Crippen MR) is 65.5 cm³/mol. The third-order valence-electron chi connectivity index (χ3n) is 2.87. The van der Waals surface area contributed by atoms with Gasteiger partial charge in [-0.05, 0) is 24.6 Å². The molecule has 0 atom stereocenters. The van der Waals surface area contributed by atoms with Crippen molar-refractivity contribution in [3.05, 3.63) is 23.8 Å². The Morgan fingerprint density at radius 1 is 1.53 bits per heavy atom. The fourth-order valence-corrected chi connectivity index (χ4v) is 1.16. The van der Waals surface area contributed by atoms with Crippen molar-refractivity contribution >= 4 is 11.6 Å². The van der Waals surface area contributed by atoms with Crippen LogP contribution in [0.3, 0.4) is 0 Å². The van der Waals surface area contributed by atoms with Gasteiger partial charge in [0.1, 0.15) is 5.75 Å². The summed E-state index contributed by atoms with van der Waals surface area (Å²) in [7, 11) is 0. The van der Waals surface area contributed by atoms with Gasteiger partial charge in [-0.1, -0.05) is 20.8 Å². The Labute approximate surface area is 101 Å². The van der Waals surface area contributed by atoms with E-state index in [9.17, 15) is 9.90 Å². The maximum absolute atomic E-state index is 11.9. The molecular weight excluding hydrogens is 216 g/mol. The monoisotopic (exact) mass is 232 g/mol. The Balaban J connectivity index is 2.91. The van der Waals surface area contributed by atoms with Crippen molar-refractivity contribution in [2.24, 2.45) is 5.41 Å². The molecule has 1 aromatic rings. The zero-order valence-electron chi connectivity index (χ0n) is 10.2. The molecule has 4 heteroatoms. The van der Waals surface area contributed by atoms with Crippen LogP contribution in [-0.2, 0) is 4.79 Å². The molecule has 4 nitrogen and oxygen atoms in total. The molecule has 0 saturated heterocycles. The van der Waals surface area contributed by atoms with E-state index < -0.39 is 5.41 Å². The molecule has 0 unspecified atom stereocenters. The first kappa shape index (κ1) is 13.0. The van der Waals surface area contributed by atoms with Crippen LogP contribution in [0.2, 0.25) is 0 Å². The third kappa shape index (κ3) is 2.97. The van der Waals surface area contributed by atoms with Crippen LogP contribution in [0.5, 0.6) is 5.75 Å². The summed E-state index contributed by atoms with van der Waals surface area (Å²) in [6.45, 7) is 5.60. The minimum Gasteiger partial charge on any atom is -0.506 e. The van der Waals surface area contributed by atoms with Crippen molar-refractivity contribution in [2.75, 3.05) is 5.32 Å². The lowest BCUT2D eigenvalue weighted by atomic mass is 9.89. The molecule has 1 amide bonds. The number of nitrogens with one attached hydrogen (secondary N) is 1. The van der Waals surface area contributed by atoms with E-state index in [2.05, 4.69) is 5.32 Å². The van der Waals surface area contributed by atoms with Crippen LogP contribution in [-0.4, -0.2) is 11.0 Å². The first-order chi connectivity index (χ1) is 7.90. The first-order valence-electron chi connectivity index (χ1n) is 5.45. The molecule has 90 valence electrons. The zero-order chi connectivity index (χ0) is 13.1. The number of carbonyl (C=O) groups excluding carboxylic acids is 1. The van der Waals surface area contributed by atoms with Crippen molar-refractivity contribution in [2.45, 2.75) is 27.2 Å². The van der Waals surface area contributed by atoms with Gasteiger partial charge in [0.25, 0.3) is 0 Å². The van der Waals surface area contributed by atoms with Gasteiger partial charge in [0.15, 0.2) is 0 Å². The summed E-state index contributed by atoms with van der Waals surface area (Å²) in [5, 5.41) is 21.0. The minimum absolute atomic E-state index is 0.0932. The third-order valence-corrected chi connectivity index (χ3v) is 2.87. The van der Waals surface area contributed by atoms with E-state index in [4.69, 9.17) is 5.26 Å². The van der Waals surface area contributed by atoms with Gasteiger partial charge in [0.2, 0.25) is 5.91 Å². The van der Waals surface area contributed by atoms with E-state index in [1.807, 2.05) is 26.8 Å². The van der Waals surface area contributed by atoms with Gasteiger partial charge < -0.3 is 10.4 Å². The SMILES string of the molecule is CCC(C)(C)C(=O)Nc1ccc(C#N)cc1O. The Morgan fingerprint density at radius 2 is 2.18 bits per heavy atom. The quantitative estimate of drug-likeness (QED) is 0.787. The van der Waals surface area contributed by atoms with Crippen LogP contribution in [0.1, 0.15) is 32.8 Å². The number of hydrogen-bond donors (Lipinski definition) is 2. The first-order valence-corrected chi connectivity index (χ1v) is 5.45. The number of benzene rings is 1. The fourth-order valence-electron chi connectivity index (χ4n) is 1.16. The molecule has 0 aliphatic carbocycles. The molecular formula is C13H16N2O2. The number of phenols is 1. The molecule has 0 radical (unpaired) electrons. The van der Waals surface area contributed by atoms with Gasteiger partial charge in [0, 0.05) is 5.41 Å². The average molecular weight is 232 g/mol. The molecule has 0 aliphatic rings. The summed E-state index contributed by atoms with van der Waals surface area (Å²) in [5.74, 6) is -0.246. The number of carbonyl (C=O) groups is 1. The molecule has 0 fully saturated rings. The van der Waals surface area contributed by atoms with Crippen LogP contribution >= 0.6 is 0 Å². The number of phenolic OH excluding ortho intramolecular Hbond substituents is 1. The molecule has 1 aromatic carbocycles. The van der Waals surface area contributed by atoms with Crippen LogP contribution in [0.25, 0.3) is 0 Å². The van der Waals surface area contributed by atoms with E-state index in [0.29, 0.717) is 17.7 Å². The van der Waals surface area contributed by atoms with E-state index in [-0.39, 0.29) is 11.7 Å². The molecule has 0 saturated carbocycles. The molecule has 1 rings (SSSR count). The van der Waals surface area contributed by atoms with Crippen LogP contribution in [0.4, 0.5) is 5.69 Å². The highest BCUT2D eigenvalue weighted by Crippen LogP contribution is 2.27. The smallest absolute Gasteiger partial charge is 0.230 e.